The van der Waals surface area contributed by atoms with Gasteiger partial charge >= 0.3 is 6.09 Å². The van der Waals surface area contributed by atoms with Gasteiger partial charge in [-0.25, -0.2) is 10.2 Å². The number of nitrogens with zero attached hydrogens (tertiary/aromatic N) is 1. The zero-order chi connectivity index (χ0) is 13.0. The van der Waals surface area contributed by atoms with E-state index >= 15 is 0 Å². The summed E-state index contributed by atoms with van der Waals surface area (Å²) in [7, 11) is 1.22. The lowest BCUT2D eigenvalue weighted by molar-refractivity contribution is 0.171. The van der Waals surface area contributed by atoms with Crippen molar-refractivity contribution in [2.45, 2.75) is 0 Å². The Morgan fingerprint density at radius 3 is 3.00 bits per heavy atom. The lowest BCUT2D eigenvalue weighted by atomic mass is 10.2. The van der Waals surface area contributed by atoms with Crippen molar-refractivity contribution in [2.75, 3.05) is 7.11 Å². The first-order valence-corrected chi connectivity index (χ1v) is 5.10. The molecule has 0 aliphatic heterocycles. The number of hydrogen-bond acceptors (Lipinski definition) is 5. The molecule has 1 N–H and O–H groups in total. The number of carbonyl (C=O) groups is 1. The van der Waals surface area contributed by atoms with Crippen molar-refractivity contribution in [3.63, 3.8) is 0 Å². The maximum absolute atomic E-state index is 12.0. The molecule has 0 saturated heterocycles. The number of methoxy groups -OCH3 is 1. The van der Waals surface area contributed by atoms with Gasteiger partial charge in [-0.1, -0.05) is 12.1 Å². The van der Waals surface area contributed by atoms with E-state index in [1.807, 2.05) is 0 Å². The molecule has 2 aromatic rings. The number of benzene rings is 1. The third-order valence-corrected chi connectivity index (χ3v) is 2.25. The largest absolute Gasteiger partial charge is 0.463 e. The quantitative estimate of drug-likeness (QED) is 0.642. The van der Waals surface area contributed by atoms with Gasteiger partial charge in [-0.15, -0.1) is 0 Å². The molecule has 18 heavy (non-hydrogen) atoms. The van der Waals surface area contributed by atoms with Gasteiger partial charge in [0.15, 0.2) is 0 Å². The summed E-state index contributed by atoms with van der Waals surface area (Å²) >= 11 is 0. The highest BCUT2D eigenvalue weighted by atomic mass is 16.5. The molecule has 0 aliphatic rings. The van der Waals surface area contributed by atoms with E-state index < -0.39 is 6.09 Å². The molecule has 1 amide bonds. The van der Waals surface area contributed by atoms with Gasteiger partial charge in [0, 0.05) is 0 Å². The summed E-state index contributed by atoms with van der Waals surface area (Å²) in [6, 6.07) is 6.88. The van der Waals surface area contributed by atoms with E-state index in [1.165, 1.54) is 19.6 Å². The number of hydrazone groups is 1. The molecule has 6 heteroatoms. The first-order valence-electron chi connectivity index (χ1n) is 5.10. The fraction of sp³-hybridized carbons (Fsp3) is 0.0833. The van der Waals surface area contributed by atoms with Crippen LogP contribution in [0.3, 0.4) is 0 Å². The predicted octanol–water partition coefficient (Wildman–Crippen LogP) is 1.48. The van der Waals surface area contributed by atoms with Crippen LogP contribution in [-0.4, -0.2) is 19.4 Å². The monoisotopic (exact) mass is 246 g/mol. The molecule has 0 atom stereocenters. The van der Waals surface area contributed by atoms with Gasteiger partial charge in [-0.05, 0) is 12.1 Å². The molecule has 0 spiro atoms. The SMILES string of the molecule is COC(=O)N/N=C/c1coc2ccccc2c1=O. The van der Waals surface area contributed by atoms with Crippen LogP contribution in [0.15, 0.2) is 44.8 Å². The van der Waals surface area contributed by atoms with Crippen LogP contribution in [0.5, 0.6) is 0 Å². The number of nitrogens with one attached hydrogen (secondary N) is 1. The minimum atomic E-state index is -0.712. The topological polar surface area (TPSA) is 80.9 Å². The summed E-state index contributed by atoms with van der Waals surface area (Å²) in [4.78, 5) is 22.7. The van der Waals surface area contributed by atoms with Crippen molar-refractivity contribution in [1.29, 1.82) is 0 Å². The van der Waals surface area contributed by atoms with E-state index in [0.29, 0.717) is 11.0 Å². The molecule has 0 saturated carbocycles. The fourth-order valence-corrected chi connectivity index (χ4v) is 1.38. The molecule has 1 aromatic heterocycles. The van der Waals surface area contributed by atoms with Crippen LogP contribution in [0, 0.1) is 0 Å². The smallest absolute Gasteiger partial charge is 0.427 e. The van der Waals surface area contributed by atoms with E-state index in [4.69, 9.17) is 4.42 Å². The molecule has 92 valence electrons. The number of ether oxygens (including phenoxy) is 1. The molecule has 1 heterocycles. The van der Waals surface area contributed by atoms with E-state index in [0.717, 1.165) is 0 Å². The molecule has 0 aliphatic carbocycles. The van der Waals surface area contributed by atoms with Crippen LogP contribution in [0.4, 0.5) is 4.79 Å². The normalized spacial score (nSPS) is 10.7. The Bertz CT molecular complexity index is 660. The van der Waals surface area contributed by atoms with Crippen molar-refractivity contribution < 1.29 is 13.9 Å². The fourth-order valence-electron chi connectivity index (χ4n) is 1.38. The van der Waals surface area contributed by atoms with Gasteiger partial charge in [-0.3, -0.25) is 4.79 Å². The van der Waals surface area contributed by atoms with E-state index in [9.17, 15) is 9.59 Å². The highest BCUT2D eigenvalue weighted by Gasteiger charge is 2.04. The zero-order valence-corrected chi connectivity index (χ0v) is 9.54. The lowest BCUT2D eigenvalue weighted by Crippen LogP contribution is -2.18. The molecule has 2 rings (SSSR count). The number of hydrogen-bond donors (Lipinski definition) is 1. The Balaban J connectivity index is 2.32. The van der Waals surface area contributed by atoms with Gasteiger partial charge in [0.25, 0.3) is 0 Å². The average Bonchev–Trinajstić information content (AvgIpc) is 2.41. The Morgan fingerprint density at radius 1 is 1.44 bits per heavy atom. The summed E-state index contributed by atoms with van der Waals surface area (Å²) < 4.78 is 9.60. The second kappa shape index (κ2) is 5.13. The summed E-state index contributed by atoms with van der Waals surface area (Å²) in [6.07, 6.45) is 1.78. The van der Waals surface area contributed by atoms with Crippen molar-refractivity contribution in [3.05, 3.63) is 46.3 Å². The molecule has 1 aromatic carbocycles. The van der Waals surface area contributed by atoms with Crippen molar-refractivity contribution in [3.8, 4) is 0 Å². The summed E-state index contributed by atoms with van der Waals surface area (Å²) in [5.74, 6) is 0. The molecular formula is C12H10N2O4. The minimum Gasteiger partial charge on any atom is -0.463 e. The first kappa shape index (κ1) is 11.8. The molecule has 0 fully saturated rings. The van der Waals surface area contributed by atoms with Crippen molar-refractivity contribution >= 4 is 23.3 Å². The molecule has 0 radical (unpaired) electrons. The van der Waals surface area contributed by atoms with Gasteiger partial charge in [-0.2, -0.15) is 5.10 Å². The number of carbonyl (C=O) groups excluding carboxylic acids is 1. The second-order valence-corrected chi connectivity index (χ2v) is 3.38. The molecule has 0 unspecified atom stereocenters. The van der Waals surface area contributed by atoms with E-state index in [-0.39, 0.29) is 11.0 Å². The summed E-state index contributed by atoms with van der Waals surface area (Å²) in [6.45, 7) is 0. The third-order valence-electron chi connectivity index (χ3n) is 2.25. The number of amides is 1. The molecule has 0 bridgehead atoms. The standard InChI is InChI=1S/C12H10N2O4/c1-17-12(16)14-13-6-8-7-18-10-5-3-2-4-9(10)11(8)15/h2-7H,1H3,(H,14,16)/b13-6+. The zero-order valence-electron chi connectivity index (χ0n) is 9.54. The van der Waals surface area contributed by atoms with Crippen LogP contribution in [0.1, 0.15) is 5.56 Å². The maximum Gasteiger partial charge on any atom is 0.427 e. The molecule has 6 nitrogen and oxygen atoms in total. The van der Waals surface area contributed by atoms with Crippen LogP contribution >= 0.6 is 0 Å². The van der Waals surface area contributed by atoms with E-state index in [2.05, 4.69) is 15.3 Å². The molecular weight excluding hydrogens is 236 g/mol. The van der Waals surface area contributed by atoms with Gasteiger partial charge in [0.05, 0.1) is 24.3 Å². The Kier molecular flexibility index (Phi) is 3.38. The number of para-hydroxylation sites is 1. The van der Waals surface area contributed by atoms with Crippen LogP contribution in [-0.2, 0) is 4.74 Å². The number of fused-ring (bicyclic) bond motifs is 1. The minimum absolute atomic E-state index is 0.215. The van der Waals surface area contributed by atoms with E-state index in [1.54, 1.807) is 24.3 Å². The van der Waals surface area contributed by atoms with Gasteiger partial charge in [0.2, 0.25) is 5.43 Å². The third kappa shape index (κ3) is 2.37. The Labute approximate surface area is 102 Å². The average molecular weight is 246 g/mol. The van der Waals surface area contributed by atoms with Crippen molar-refractivity contribution in [1.82, 2.24) is 5.43 Å². The maximum atomic E-state index is 12.0. The Hall–Kier alpha value is -2.63. The highest BCUT2D eigenvalue weighted by molar-refractivity contribution is 5.86. The summed E-state index contributed by atoms with van der Waals surface area (Å²) in [5, 5.41) is 4.03. The van der Waals surface area contributed by atoms with Gasteiger partial charge in [0.1, 0.15) is 11.8 Å². The van der Waals surface area contributed by atoms with Crippen LogP contribution in [0.2, 0.25) is 0 Å². The van der Waals surface area contributed by atoms with Gasteiger partial charge < -0.3 is 9.15 Å². The highest BCUT2D eigenvalue weighted by Crippen LogP contribution is 2.09. The second-order valence-electron chi connectivity index (χ2n) is 3.38. The summed E-state index contributed by atoms with van der Waals surface area (Å²) in [5.41, 5.74) is 2.61. The first-order chi connectivity index (χ1) is 8.72. The number of rotatable bonds is 2. The van der Waals surface area contributed by atoms with Crippen molar-refractivity contribution in [2.24, 2.45) is 5.10 Å². The van der Waals surface area contributed by atoms with Crippen LogP contribution in [0.25, 0.3) is 11.0 Å². The Morgan fingerprint density at radius 2 is 2.22 bits per heavy atom. The predicted molar refractivity (Wildman–Crippen MR) is 65.6 cm³/mol. The lowest BCUT2D eigenvalue weighted by Gasteiger charge is -1.98. The van der Waals surface area contributed by atoms with Crippen LogP contribution < -0.4 is 10.9 Å².